The molecule has 0 saturated heterocycles. The number of fused-ring (bicyclic) bond motifs is 1. The van der Waals surface area contributed by atoms with E-state index in [1.165, 1.54) is 23.2 Å². The Hall–Kier alpha value is -3.28. The quantitative estimate of drug-likeness (QED) is 0.405. The minimum absolute atomic E-state index is 0.0181. The number of hydrogen-bond acceptors (Lipinski definition) is 6. The summed E-state index contributed by atoms with van der Waals surface area (Å²) in [5, 5.41) is 5.27. The summed E-state index contributed by atoms with van der Waals surface area (Å²) < 4.78 is 29.4. The van der Waals surface area contributed by atoms with Crippen LogP contribution >= 0.6 is 22.9 Å². The molecule has 3 heterocycles. The highest BCUT2D eigenvalue weighted by Gasteiger charge is 2.20. The van der Waals surface area contributed by atoms with E-state index in [4.69, 9.17) is 11.6 Å². The average Bonchev–Trinajstić information content (AvgIpc) is 3.22. The first-order valence-corrected chi connectivity index (χ1v) is 12.9. The number of pyridine rings is 1. The molecule has 3 N–H and O–H groups in total. The van der Waals surface area contributed by atoms with Gasteiger partial charge >= 0.3 is 6.03 Å². The van der Waals surface area contributed by atoms with Gasteiger partial charge in [-0.05, 0) is 53.6 Å². The Morgan fingerprint density at radius 1 is 1.23 bits per heavy atom. The van der Waals surface area contributed by atoms with Crippen LogP contribution in [0.5, 0.6) is 0 Å². The lowest BCUT2D eigenvalue weighted by molar-refractivity contribution is -0.117. The number of nitrogens with zero attached hydrogens (tertiary/aromatic N) is 2. The fourth-order valence-electron chi connectivity index (χ4n) is 3.12. The third-order valence-corrected chi connectivity index (χ3v) is 7.30. The third-order valence-electron chi connectivity index (χ3n) is 4.70. The van der Waals surface area contributed by atoms with Gasteiger partial charge in [-0.15, -0.1) is 11.3 Å². The second-order valence-electron chi connectivity index (χ2n) is 6.82. The van der Waals surface area contributed by atoms with Crippen LogP contribution in [0.1, 0.15) is 25.0 Å². The number of carbonyl (C=O) groups excluding carboxylic acids is 2. The summed E-state index contributed by atoms with van der Waals surface area (Å²) in [5.74, 6) is -0.482. The molecule has 35 heavy (non-hydrogen) atoms. The molecule has 3 amide bonds. The van der Waals surface area contributed by atoms with Gasteiger partial charge in [-0.3, -0.25) is 19.7 Å². The van der Waals surface area contributed by atoms with Gasteiger partial charge in [0.2, 0.25) is 5.91 Å². The Kier molecular flexibility index (Phi) is 8.96. The maximum Gasteiger partial charge on any atom is 0.332 e. The molecule has 1 aliphatic heterocycles. The number of benzene rings is 1. The Morgan fingerprint density at radius 2 is 2.00 bits per heavy atom. The fourth-order valence-corrected chi connectivity index (χ4v) is 5.25. The molecule has 2 aromatic heterocycles. The van der Waals surface area contributed by atoms with E-state index in [-0.39, 0.29) is 18.1 Å². The first-order chi connectivity index (χ1) is 16.8. The second kappa shape index (κ2) is 11.9. The van der Waals surface area contributed by atoms with Gasteiger partial charge in [0.15, 0.2) is 11.0 Å². The molecule has 0 saturated carbocycles. The lowest BCUT2D eigenvalue weighted by Gasteiger charge is -2.17. The van der Waals surface area contributed by atoms with Crippen molar-refractivity contribution in [2.75, 3.05) is 22.6 Å². The SMILES string of the molecule is CC.CNc1cc2c(cc1F)CC(=O)N(c1ccc(NC(=O)NS(=O)c3ccc(Cl)s3)nc1)C=C2. The Labute approximate surface area is 213 Å². The summed E-state index contributed by atoms with van der Waals surface area (Å²) in [4.78, 5) is 30.4. The highest BCUT2D eigenvalue weighted by Crippen LogP contribution is 2.27. The Bertz CT molecular complexity index is 1280. The van der Waals surface area contributed by atoms with Crippen molar-refractivity contribution in [3.8, 4) is 0 Å². The van der Waals surface area contributed by atoms with E-state index in [9.17, 15) is 18.2 Å². The smallest absolute Gasteiger partial charge is 0.332 e. The Morgan fingerprint density at radius 3 is 2.63 bits per heavy atom. The van der Waals surface area contributed by atoms with Gasteiger partial charge in [-0.1, -0.05) is 25.4 Å². The average molecular weight is 536 g/mol. The van der Waals surface area contributed by atoms with Crippen LogP contribution in [0, 0.1) is 5.82 Å². The molecule has 3 aromatic rings. The number of carbonyl (C=O) groups is 2. The normalized spacial score (nSPS) is 13.2. The summed E-state index contributed by atoms with van der Waals surface area (Å²) >= 11 is 6.91. The van der Waals surface area contributed by atoms with Crippen molar-refractivity contribution >= 4 is 69.1 Å². The maximum atomic E-state index is 14.1. The van der Waals surface area contributed by atoms with Crippen molar-refractivity contribution in [1.82, 2.24) is 9.71 Å². The van der Waals surface area contributed by atoms with Gasteiger partial charge in [-0.2, -0.15) is 0 Å². The van der Waals surface area contributed by atoms with Gasteiger partial charge in [0, 0.05) is 13.2 Å². The molecule has 12 heteroatoms. The van der Waals surface area contributed by atoms with Gasteiger partial charge in [0.05, 0.1) is 28.3 Å². The topological polar surface area (TPSA) is 103 Å². The van der Waals surface area contributed by atoms with Crippen LogP contribution in [0.25, 0.3) is 6.08 Å². The summed E-state index contributed by atoms with van der Waals surface area (Å²) in [6, 6.07) is 8.57. The molecule has 4 rings (SSSR count). The van der Waals surface area contributed by atoms with Crippen molar-refractivity contribution < 1.29 is 18.2 Å². The van der Waals surface area contributed by atoms with Crippen molar-refractivity contribution in [2.45, 2.75) is 24.5 Å². The number of amides is 3. The van der Waals surface area contributed by atoms with E-state index in [2.05, 4.69) is 20.3 Å². The number of aromatic nitrogens is 1. The first-order valence-electron chi connectivity index (χ1n) is 10.6. The molecule has 0 aliphatic carbocycles. The van der Waals surface area contributed by atoms with E-state index < -0.39 is 22.8 Å². The van der Waals surface area contributed by atoms with E-state index in [1.807, 2.05) is 13.8 Å². The Balaban J connectivity index is 0.00000167. The number of hydrogen-bond donors (Lipinski definition) is 3. The molecule has 1 aliphatic rings. The minimum atomic E-state index is -1.75. The first kappa shape index (κ1) is 26.3. The van der Waals surface area contributed by atoms with Crippen LogP contribution in [-0.2, 0) is 22.2 Å². The summed E-state index contributed by atoms with van der Waals surface area (Å²) in [7, 11) is -0.129. The number of anilines is 3. The highest BCUT2D eigenvalue weighted by molar-refractivity contribution is 7.86. The van der Waals surface area contributed by atoms with E-state index >= 15 is 0 Å². The van der Waals surface area contributed by atoms with Crippen LogP contribution in [0.3, 0.4) is 0 Å². The largest absolute Gasteiger partial charge is 0.386 e. The van der Waals surface area contributed by atoms with Crippen molar-refractivity contribution in [3.63, 3.8) is 0 Å². The van der Waals surface area contributed by atoms with E-state index in [0.29, 0.717) is 25.5 Å². The predicted octanol–water partition coefficient (Wildman–Crippen LogP) is 5.41. The molecule has 1 unspecified atom stereocenters. The molecular weight excluding hydrogens is 513 g/mol. The molecule has 0 bridgehead atoms. The molecule has 1 aromatic carbocycles. The van der Waals surface area contributed by atoms with Gasteiger partial charge in [0.1, 0.15) is 15.8 Å². The van der Waals surface area contributed by atoms with Crippen LogP contribution in [-0.4, -0.2) is 28.2 Å². The van der Waals surface area contributed by atoms with Gasteiger partial charge in [-0.25, -0.2) is 18.4 Å². The van der Waals surface area contributed by atoms with E-state index in [0.717, 1.165) is 16.9 Å². The zero-order chi connectivity index (χ0) is 25.5. The van der Waals surface area contributed by atoms with Crippen LogP contribution in [0.2, 0.25) is 4.34 Å². The van der Waals surface area contributed by atoms with Crippen LogP contribution in [0.15, 0.2) is 53.0 Å². The van der Waals surface area contributed by atoms with Gasteiger partial charge in [0.25, 0.3) is 0 Å². The van der Waals surface area contributed by atoms with Gasteiger partial charge < -0.3 is 5.32 Å². The van der Waals surface area contributed by atoms with Crippen molar-refractivity contribution in [2.24, 2.45) is 0 Å². The number of halogens is 2. The maximum absolute atomic E-state index is 14.1. The standard InChI is InChI=1S/C21H17ClFN5O3S2.C2H6/c1-24-16-9-12-6-7-28(19(29)10-13(12)8-15(16)23)14-2-4-18(25-11-14)26-21(30)27-33(31)20-5-3-17(22)32-20;1-2/h2-9,11,24H,10H2,1H3,(H2,25,26,27,30);1-2H3. The molecule has 1 atom stereocenters. The third kappa shape index (κ3) is 6.44. The minimum Gasteiger partial charge on any atom is -0.386 e. The zero-order valence-electron chi connectivity index (χ0n) is 19.1. The fraction of sp³-hybridized carbons (Fsp3) is 0.174. The lowest BCUT2D eigenvalue weighted by Crippen LogP contribution is -2.30. The molecule has 0 radical (unpaired) electrons. The van der Waals surface area contributed by atoms with Crippen LogP contribution < -0.4 is 20.3 Å². The molecule has 0 spiro atoms. The molecule has 0 fully saturated rings. The number of urea groups is 1. The second-order valence-corrected chi connectivity index (χ2v) is 9.98. The predicted molar refractivity (Wildman–Crippen MR) is 140 cm³/mol. The molecular formula is C23H23ClFN5O3S2. The molecule has 8 nitrogen and oxygen atoms in total. The number of nitrogens with one attached hydrogen (secondary N) is 3. The van der Waals surface area contributed by atoms with Crippen molar-refractivity contribution in [3.05, 3.63) is 70.1 Å². The summed E-state index contributed by atoms with van der Waals surface area (Å²) in [6.45, 7) is 4.00. The number of rotatable bonds is 5. The highest BCUT2D eigenvalue weighted by atomic mass is 35.5. The number of thiophene rings is 1. The molecule has 184 valence electrons. The lowest BCUT2D eigenvalue weighted by atomic mass is 10.0. The summed E-state index contributed by atoms with van der Waals surface area (Å²) in [5.41, 5.74) is 2.14. The monoisotopic (exact) mass is 535 g/mol. The summed E-state index contributed by atoms with van der Waals surface area (Å²) in [6.07, 6.45) is 4.76. The zero-order valence-corrected chi connectivity index (χ0v) is 21.5. The van der Waals surface area contributed by atoms with Crippen LogP contribution in [0.4, 0.5) is 26.4 Å². The van der Waals surface area contributed by atoms with Crippen molar-refractivity contribution in [1.29, 1.82) is 0 Å². The van der Waals surface area contributed by atoms with E-state index in [1.54, 1.807) is 43.6 Å².